The number of hydrogen-bond donors (Lipinski definition) is 1. The number of methoxy groups -OCH3 is 1. The fraction of sp³-hybridized carbons (Fsp3) is 0.0667. The second-order valence-electron chi connectivity index (χ2n) is 4.00. The van der Waals surface area contributed by atoms with Crippen molar-refractivity contribution in [2.75, 3.05) is 7.11 Å². The van der Waals surface area contributed by atoms with Gasteiger partial charge >= 0.3 is 0 Å². The number of ether oxygens (including phenoxy) is 1. The Kier molecular flexibility index (Phi) is 2.33. The smallest absolute Gasteiger partial charge is 0.120 e. The molecule has 0 aliphatic carbocycles. The molecule has 0 spiro atoms. The van der Waals surface area contributed by atoms with Gasteiger partial charge in [0.15, 0.2) is 0 Å². The first kappa shape index (κ1) is 9.97. The highest BCUT2D eigenvalue weighted by molar-refractivity contribution is 5.86. The van der Waals surface area contributed by atoms with E-state index < -0.39 is 0 Å². The molecule has 17 heavy (non-hydrogen) atoms. The van der Waals surface area contributed by atoms with E-state index in [-0.39, 0.29) is 0 Å². The maximum atomic E-state index is 5.22. The van der Waals surface area contributed by atoms with Crippen LogP contribution in [-0.4, -0.2) is 12.1 Å². The number of aromatic amines is 1. The molecule has 1 N–H and O–H groups in total. The highest BCUT2D eigenvalue weighted by Gasteiger charge is 2.03. The zero-order chi connectivity index (χ0) is 11.7. The van der Waals surface area contributed by atoms with Gasteiger partial charge in [0.05, 0.1) is 7.11 Å². The monoisotopic (exact) mass is 223 g/mol. The lowest BCUT2D eigenvalue weighted by atomic mass is 10.1. The van der Waals surface area contributed by atoms with Gasteiger partial charge in [-0.3, -0.25) is 0 Å². The maximum absolute atomic E-state index is 5.22. The maximum Gasteiger partial charge on any atom is 0.120 e. The van der Waals surface area contributed by atoms with E-state index in [1.807, 2.05) is 30.3 Å². The molecule has 2 aromatic carbocycles. The molecule has 0 bridgehead atoms. The lowest BCUT2D eigenvalue weighted by molar-refractivity contribution is 0.415. The fourth-order valence-electron chi connectivity index (χ4n) is 2.01. The Bertz CT molecular complexity index is 640. The van der Waals surface area contributed by atoms with Crippen LogP contribution >= 0.6 is 0 Å². The lowest BCUT2D eigenvalue weighted by Crippen LogP contribution is -1.81. The van der Waals surface area contributed by atoms with Gasteiger partial charge in [-0.1, -0.05) is 30.3 Å². The van der Waals surface area contributed by atoms with Crippen LogP contribution in [0.1, 0.15) is 0 Å². The lowest BCUT2D eigenvalue weighted by Gasteiger charge is -1.98. The summed E-state index contributed by atoms with van der Waals surface area (Å²) in [6.45, 7) is 0. The first-order valence-electron chi connectivity index (χ1n) is 5.59. The van der Waals surface area contributed by atoms with Crippen LogP contribution in [0, 0.1) is 0 Å². The minimum atomic E-state index is 0.874. The molecule has 1 heterocycles. The highest BCUT2D eigenvalue weighted by Crippen LogP contribution is 2.26. The summed E-state index contributed by atoms with van der Waals surface area (Å²) >= 11 is 0. The van der Waals surface area contributed by atoms with Gasteiger partial charge in [-0.2, -0.15) is 0 Å². The number of nitrogens with one attached hydrogen (secondary N) is 1. The van der Waals surface area contributed by atoms with Crippen molar-refractivity contribution < 1.29 is 4.74 Å². The molecule has 0 saturated carbocycles. The Labute approximate surface area is 99.9 Å². The van der Waals surface area contributed by atoms with Gasteiger partial charge < -0.3 is 9.72 Å². The van der Waals surface area contributed by atoms with Crippen molar-refractivity contribution >= 4 is 10.9 Å². The average molecular weight is 223 g/mol. The molecule has 0 atom stereocenters. The molecular weight excluding hydrogens is 210 g/mol. The Morgan fingerprint density at radius 3 is 2.53 bits per heavy atom. The summed E-state index contributed by atoms with van der Waals surface area (Å²) < 4.78 is 5.22. The number of hydrogen-bond acceptors (Lipinski definition) is 1. The van der Waals surface area contributed by atoms with Crippen LogP contribution in [0.5, 0.6) is 5.75 Å². The SMILES string of the molecule is COc1ccc2cc(-c3ccccc3)[nH]c2c1. The zero-order valence-corrected chi connectivity index (χ0v) is 9.60. The van der Waals surface area contributed by atoms with E-state index in [4.69, 9.17) is 4.74 Å². The summed E-state index contributed by atoms with van der Waals surface area (Å²) in [5, 5.41) is 1.20. The molecule has 2 nitrogen and oxygen atoms in total. The van der Waals surface area contributed by atoms with Crippen molar-refractivity contribution in [1.29, 1.82) is 0 Å². The van der Waals surface area contributed by atoms with E-state index in [0.717, 1.165) is 17.0 Å². The molecule has 0 amide bonds. The summed E-state index contributed by atoms with van der Waals surface area (Å²) in [6.07, 6.45) is 0. The normalized spacial score (nSPS) is 10.6. The zero-order valence-electron chi connectivity index (χ0n) is 9.60. The molecular formula is C15H13NO. The second-order valence-corrected chi connectivity index (χ2v) is 4.00. The standard InChI is InChI=1S/C15H13NO/c1-17-13-8-7-12-9-14(16-15(12)10-13)11-5-3-2-4-6-11/h2-10,16H,1H3. The van der Waals surface area contributed by atoms with E-state index in [0.29, 0.717) is 0 Å². The first-order chi connectivity index (χ1) is 8.36. The molecule has 2 heteroatoms. The average Bonchev–Trinajstić information content (AvgIpc) is 2.82. The van der Waals surface area contributed by atoms with E-state index in [1.165, 1.54) is 10.9 Å². The fourth-order valence-corrected chi connectivity index (χ4v) is 2.01. The molecule has 0 fully saturated rings. The number of fused-ring (bicyclic) bond motifs is 1. The van der Waals surface area contributed by atoms with Crippen molar-refractivity contribution in [3.8, 4) is 17.0 Å². The molecule has 1 aromatic heterocycles. The quantitative estimate of drug-likeness (QED) is 0.701. The van der Waals surface area contributed by atoms with Crippen LogP contribution in [0.3, 0.4) is 0 Å². The summed E-state index contributed by atoms with van der Waals surface area (Å²) in [4.78, 5) is 3.41. The summed E-state index contributed by atoms with van der Waals surface area (Å²) in [6, 6.07) is 18.5. The van der Waals surface area contributed by atoms with Gasteiger partial charge in [-0.25, -0.2) is 0 Å². The number of benzene rings is 2. The predicted octanol–water partition coefficient (Wildman–Crippen LogP) is 3.84. The van der Waals surface area contributed by atoms with E-state index in [2.05, 4.69) is 29.2 Å². The largest absolute Gasteiger partial charge is 0.497 e. The van der Waals surface area contributed by atoms with E-state index in [1.54, 1.807) is 7.11 Å². The van der Waals surface area contributed by atoms with Gasteiger partial charge in [0.2, 0.25) is 0 Å². The molecule has 84 valence electrons. The third kappa shape index (κ3) is 1.78. The van der Waals surface area contributed by atoms with Crippen LogP contribution in [0.15, 0.2) is 54.6 Å². The minimum absolute atomic E-state index is 0.874. The number of H-pyrrole nitrogens is 1. The molecule has 0 aliphatic rings. The van der Waals surface area contributed by atoms with Crippen LogP contribution < -0.4 is 4.74 Å². The van der Waals surface area contributed by atoms with Gasteiger partial charge in [0, 0.05) is 22.7 Å². The Balaban J connectivity index is 2.14. The first-order valence-corrected chi connectivity index (χ1v) is 5.59. The molecule has 0 radical (unpaired) electrons. The highest BCUT2D eigenvalue weighted by atomic mass is 16.5. The van der Waals surface area contributed by atoms with Gasteiger partial charge in [-0.15, -0.1) is 0 Å². The molecule has 0 unspecified atom stereocenters. The number of aromatic nitrogens is 1. The third-order valence-corrected chi connectivity index (χ3v) is 2.91. The van der Waals surface area contributed by atoms with Crippen LogP contribution in [0.25, 0.3) is 22.2 Å². The van der Waals surface area contributed by atoms with Crippen molar-refractivity contribution in [3.63, 3.8) is 0 Å². The Morgan fingerprint density at radius 2 is 1.76 bits per heavy atom. The van der Waals surface area contributed by atoms with Gasteiger partial charge in [0.1, 0.15) is 5.75 Å². The number of rotatable bonds is 2. The topological polar surface area (TPSA) is 25.0 Å². The summed E-state index contributed by atoms with van der Waals surface area (Å²) in [5.41, 5.74) is 3.43. The third-order valence-electron chi connectivity index (χ3n) is 2.91. The van der Waals surface area contributed by atoms with Crippen LogP contribution in [0.2, 0.25) is 0 Å². The summed E-state index contributed by atoms with van der Waals surface area (Å²) in [7, 11) is 1.68. The molecule has 0 saturated heterocycles. The van der Waals surface area contributed by atoms with Gasteiger partial charge in [-0.05, 0) is 23.8 Å². The molecule has 3 aromatic rings. The van der Waals surface area contributed by atoms with Crippen LogP contribution in [0.4, 0.5) is 0 Å². The minimum Gasteiger partial charge on any atom is -0.497 e. The Morgan fingerprint density at radius 1 is 0.941 bits per heavy atom. The van der Waals surface area contributed by atoms with E-state index >= 15 is 0 Å². The van der Waals surface area contributed by atoms with Crippen LogP contribution in [-0.2, 0) is 0 Å². The van der Waals surface area contributed by atoms with Crippen molar-refractivity contribution in [2.45, 2.75) is 0 Å². The van der Waals surface area contributed by atoms with Crippen molar-refractivity contribution in [2.24, 2.45) is 0 Å². The predicted molar refractivity (Wildman–Crippen MR) is 70.3 cm³/mol. The van der Waals surface area contributed by atoms with Gasteiger partial charge in [0.25, 0.3) is 0 Å². The molecule has 0 aliphatic heterocycles. The Hall–Kier alpha value is -2.22. The van der Waals surface area contributed by atoms with E-state index in [9.17, 15) is 0 Å². The van der Waals surface area contributed by atoms with Crippen molar-refractivity contribution in [1.82, 2.24) is 4.98 Å². The molecule has 3 rings (SSSR count). The summed E-state index contributed by atoms with van der Waals surface area (Å²) in [5.74, 6) is 0.874. The second kappa shape index (κ2) is 3.98. The van der Waals surface area contributed by atoms with Crippen molar-refractivity contribution in [3.05, 3.63) is 54.6 Å².